The van der Waals surface area contributed by atoms with E-state index in [9.17, 15) is 30.0 Å². The number of aryl methyl sites for hydroxylation is 1. The fourth-order valence-corrected chi connectivity index (χ4v) is 2.89. The molecule has 10 heteroatoms. The Morgan fingerprint density at radius 2 is 1.22 bits per heavy atom. The van der Waals surface area contributed by atoms with E-state index in [1.165, 1.54) is 35.4 Å². The second kappa shape index (κ2) is 8.10. The summed E-state index contributed by atoms with van der Waals surface area (Å²) in [6.07, 6.45) is 0. The van der Waals surface area contributed by atoms with Crippen molar-refractivity contribution in [3.8, 4) is 5.75 Å². The van der Waals surface area contributed by atoms with Crippen LogP contribution in [0.25, 0.3) is 0 Å². The van der Waals surface area contributed by atoms with E-state index in [2.05, 4.69) is 31.2 Å². The van der Waals surface area contributed by atoms with Gasteiger partial charge in [-0.2, -0.15) is 0 Å². The molecule has 0 saturated carbocycles. The maximum absolute atomic E-state index is 10.8. The standard InChI is InChI=1S/C17H18O2S.F6P/c1-13-3-5-15(6-4-13)11-20-12-16-7-9-17(10-8-16)19-14(2)18;1-7(2,3,4,5)6/h3-10H,11-12H2,1-2H3;/q;-1/p+1. The average Bonchev–Trinajstić information content (AvgIpc) is 2.47. The van der Waals surface area contributed by atoms with Crippen molar-refractivity contribution in [1.82, 2.24) is 0 Å². The van der Waals surface area contributed by atoms with Crippen molar-refractivity contribution in [1.29, 1.82) is 0 Å². The molecular weight excluding hydrogens is 413 g/mol. The molecule has 0 aliphatic heterocycles. The molecule has 0 unspecified atom stereocenters. The van der Waals surface area contributed by atoms with E-state index in [1.54, 1.807) is 0 Å². The van der Waals surface area contributed by atoms with Crippen LogP contribution in [-0.4, -0.2) is 5.97 Å². The quantitative estimate of drug-likeness (QED) is 0.129. The summed E-state index contributed by atoms with van der Waals surface area (Å²) in [5, 5.41) is 0. The molecule has 0 aliphatic rings. The summed E-state index contributed by atoms with van der Waals surface area (Å²) in [6.45, 7) is 3.51. The van der Waals surface area contributed by atoms with Crippen LogP contribution < -0.4 is 4.74 Å². The molecule has 2 nitrogen and oxygen atoms in total. The third-order valence-corrected chi connectivity index (χ3v) is 4.07. The Kier molecular flexibility index (Phi) is 7.00. The Balaban J connectivity index is 0.000000445. The van der Waals surface area contributed by atoms with Gasteiger partial charge in [0, 0.05) is 18.1 Å². The van der Waals surface area contributed by atoms with Crippen molar-refractivity contribution in [2.75, 3.05) is 0 Å². The molecule has 0 bridgehead atoms. The third kappa shape index (κ3) is 15.1. The first-order valence-corrected chi connectivity index (χ1v) is 10.9. The van der Waals surface area contributed by atoms with Crippen LogP contribution in [-0.2, 0) is 28.1 Å². The Morgan fingerprint density at radius 3 is 1.59 bits per heavy atom. The Bertz CT molecular complexity index is 747. The Labute approximate surface area is 157 Å². The molecule has 2 aromatic rings. The summed E-state index contributed by atoms with van der Waals surface area (Å²) in [6, 6.07) is 16.4. The fourth-order valence-electron chi connectivity index (χ4n) is 1.84. The number of hydrogen-bond donors (Lipinski definition) is 0. The SMILES string of the molecule is CC(=O)Oc1ccc(C[SH+]Cc2ccc(C)cc2)cc1.F[P-](F)(F)(F)(F)F. The molecule has 0 fully saturated rings. The molecule has 27 heavy (non-hydrogen) atoms. The van der Waals surface area contributed by atoms with Crippen molar-refractivity contribution in [2.24, 2.45) is 0 Å². The van der Waals surface area contributed by atoms with Crippen LogP contribution in [0.2, 0.25) is 0 Å². The van der Waals surface area contributed by atoms with Gasteiger partial charge in [-0.1, -0.05) is 42.0 Å². The van der Waals surface area contributed by atoms with Gasteiger partial charge in [0.2, 0.25) is 0 Å². The van der Waals surface area contributed by atoms with E-state index < -0.39 is 7.81 Å². The van der Waals surface area contributed by atoms with Gasteiger partial charge in [-0.25, -0.2) is 0 Å². The van der Waals surface area contributed by atoms with Gasteiger partial charge in [0.15, 0.2) is 0 Å². The van der Waals surface area contributed by atoms with Crippen molar-refractivity contribution >= 4 is 25.5 Å². The first-order chi connectivity index (χ1) is 12.1. The number of thiol groups is 1. The molecule has 0 atom stereocenters. The summed E-state index contributed by atoms with van der Waals surface area (Å²) in [5.41, 5.74) is 3.93. The topological polar surface area (TPSA) is 26.3 Å². The number of esters is 1. The summed E-state index contributed by atoms with van der Waals surface area (Å²) < 4.78 is 64.2. The van der Waals surface area contributed by atoms with Crippen LogP contribution in [0.5, 0.6) is 5.75 Å². The number of ether oxygens (including phenoxy) is 1. The van der Waals surface area contributed by atoms with Crippen molar-refractivity contribution in [2.45, 2.75) is 25.4 Å². The number of carbonyl (C=O) groups is 1. The van der Waals surface area contributed by atoms with Gasteiger partial charge in [0.05, 0.1) is 0 Å². The van der Waals surface area contributed by atoms with Crippen LogP contribution in [0, 0.1) is 6.92 Å². The minimum absolute atomic E-state index is 0.282. The average molecular weight is 432 g/mol. The van der Waals surface area contributed by atoms with E-state index in [1.807, 2.05) is 24.3 Å². The van der Waals surface area contributed by atoms with E-state index >= 15 is 0 Å². The Morgan fingerprint density at radius 1 is 0.852 bits per heavy atom. The van der Waals surface area contributed by atoms with E-state index in [4.69, 9.17) is 4.74 Å². The number of carbonyl (C=O) groups excluding carboxylic acids is 1. The predicted octanol–water partition coefficient (Wildman–Crippen LogP) is 6.82. The minimum atomic E-state index is -10.7. The van der Waals surface area contributed by atoms with Gasteiger partial charge in [-0.3, -0.25) is 4.79 Å². The maximum atomic E-state index is 10.8. The van der Waals surface area contributed by atoms with Gasteiger partial charge >= 0.3 is 39.0 Å². The van der Waals surface area contributed by atoms with E-state index in [0.717, 1.165) is 11.5 Å². The molecule has 2 rings (SSSR count). The number of benzene rings is 2. The zero-order valence-corrected chi connectivity index (χ0v) is 16.3. The summed E-state index contributed by atoms with van der Waals surface area (Å²) in [5.74, 6) is 2.40. The summed E-state index contributed by atoms with van der Waals surface area (Å²) in [7, 11) is -10.7. The van der Waals surface area contributed by atoms with Gasteiger partial charge < -0.3 is 4.74 Å². The normalized spacial score (nSPS) is 13.6. The first kappa shape index (κ1) is 23.3. The summed E-state index contributed by atoms with van der Waals surface area (Å²) in [4.78, 5) is 10.8. The van der Waals surface area contributed by atoms with Crippen molar-refractivity contribution in [3.63, 3.8) is 0 Å². The predicted molar refractivity (Wildman–Crippen MR) is 98.7 cm³/mol. The molecule has 2 aromatic carbocycles. The molecule has 0 N–H and O–H groups in total. The zero-order valence-electron chi connectivity index (χ0n) is 14.5. The Hall–Kier alpha value is -1.73. The van der Waals surface area contributed by atoms with Gasteiger partial charge in [-0.05, 0) is 30.8 Å². The number of rotatable bonds is 5. The molecule has 152 valence electrons. The first-order valence-electron chi connectivity index (χ1n) is 7.61. The molecule has 0 aromatic heterocycles. The summed E-state index contributed by atoms with van der Waals surface area (Å²) >= 11 is 1.37. The van der Waals surface area contributed by atoms with Gasteiger partial charge in [-0.15, -0.1) is 0 Å². The van der Waals surface area contributed by atoms with E-state index in [-0.39, 0.29) is 5.97 Å². The van der Waals surface area contributed by atoms with Crippen LogP contribution in [0.1, 0.15) is 23.6 Å². The van der Waals surface area contributed by atoms with Gasteiger partial charge in [0.25, 0.3) is 0 Å². The molecule has 0 amide bonds. The number of halogens is 6. The van der Waals surface area contributed by atoms with Crippen LogP contribution >= 0.6 is 7.81 Å². The molecular formula is C17H19F6O2PS. The van der Waals surface area contributed by atoms with Gasteiger partial charge in [0.1, 0.15) is 17.3 Å². The van der Waals surface area contributed by atoms with Crippen molar-refractivity contribution in [3.05, 3.63) is 65.2 Å². The molecule has 0 radical (unpaired) electrons. The fraction of sp³-hybridized carbons (Fsp3) is 0.235. The molecule has 0 spiro atoms. The monoisotopic (exact) mass is 432 g/mol. The zero-order chi connectivity index (χ0) is 20.8. The number of hydrogen-bond acceptors (Lipinski definition) is 2. The van der Waals surface area contributed by atoms with Crippen molar-refractivity contribution < 1.29 is 34.7 Å². The van der Waals surface area contributed by atoms with Crippen LogP contribution in [0.4, 0.5) is 25.2 Å². The molecule has 0 saturated heterocycles. The van der Waals surface area contributed by atoms with Crippen LogP contribution in [0.3, 0.4) is 0 Å². The molecule has 0 aliphatic carbocycles. The second-order valence-electron chi connectivity index (χ2n) is 5.72. The molecule has 0 heterocycles. The van der Waals surface area contributed by atoms with Crippen LogP contribution in [0.15, 0.2) is 48.5 Å². The second-order valence-corrected chi connectivity index (χ2v) is 8.72. The van der Waals surface area contributed by atoms with E-state index in [0.29, 0.717) is 5.75 Å². The third-order valence-electron chi connectivity index (χ3n) is 2.89.